The van der Waals surface area contributed by atoms with Crippen molar-refractivity contribution in [2.75, 3.05) is 0 Å². The highest BCUT2D eigenvalue weighted by molar-refractivity contribution is 5.93. The van der Waals surface area contributed by atoms with Crippen LogP contribution in [0.25, 0.3) is 10.9 Å². The van der Waals surface area contributed by atoms with Gasteiger partial charge in [0.1, 0.15) is 0 Å². The molecule has 0 aliphatic carbocycles. The van der Waals surface area contributed by atoms with Crippen molar-refractivity contribution in [2.24, 2.45) is 7.05 Å². The van der Waals surface area contributed by atoms with E-state index in [2.05, 4.69) is 4.57 Å². The Balaban J connectivity index is 2.87. The Morgan fingerprint density at radius 3 is 2.47 bits per heavy atom. The van der Waals surface area contributed by atoms with Gasteiger partial charge >= 0.3 is 5.97 Å². The summed E-state index contributed by atoms with van der Waals surface area (Å²) in [7, 11) is 1.97. The number of aryl methyl sites for hydroxylation is 1. The second-order valence-electron chi connectivity index (χ2n) is 4.97. The molecule has 3 nitrogen and oxygen atoms in total. The number of fused-ring (bicyclic) bond motifs is 1. The molecule has 3 heteroatoms. The van der Waals surface area contributed by atoms with E-state index in [-0.39, 0.29) is 0 Å². The monoisotopic (exact) mass is 231 g/mol. The lowest BCUT2D eigenvalue weighted by molar-refractivity contribution is -0.142. The quantitative estimate of drug-likeness (QED) is 0.863. The van der Waals surface area contributed by atoms with Crippen molar-refractivity contribution >= 4 is 16.9 Å². The second-order valence-corrected chi connectivity index (χ2v) is 4.97. The predicted molar refractivity (Wildman–Crippen MR) is 68.3 cm³/mol. The summed E-state index contributed by atoms with van der Waals surface area (Å²) in [5, 5.41) is 10.4. The Bertz CT molecular complexity index is 594. The molecule has 0 spiro atoms. The van der Waals surface area contributed by atoms with Crippen LogP contribution < -0.4 is 0 Å². The maximum atomic E-state index is 11.4. The highest BCUT2D eigenvalue weighted by atomic mass is 16.4. The molecular weight excluding hydrogens is 214 g/mol. The minimum atomic E-state index is -0.870. The van der Waals surface area contributed by atoms with E-state index in [9.17, 15) is 9.90 Å². The van der Waals surface area contributed by atoms with Crippen molar-refractivity contribution in [1.82, 2.24) is 4.57 Å². The largest absolute Gasteiger partial charge is 0.481 e. The fourth-order valence-electron chi connectivity index (χ4n) is 2.42. The summed E-state index contributed by atoms with van der Waals surface area (Å²) >= 11 is 0. The van der Waals surface area contributed by atoms with E-state index in [4.69, 9.17) is 0 Å². The zero-order valence-corrected chi connectivity index (χ0v) is 10.6. The highest BCUT2D eigenvalue weighted by Crippen LogP contribution is 2.35. The standard InChI is InChI=1S/C14H17NO2/c1-9-12(14(2,3)13(16)17)10-7-5-6-8-11(10)15(9)4/h5-8H,1-4H3,(H,16,17). The van der Waals surface area contributed by atoms with Gasteiger partial charge in [-0.15, -0.1) is 0 Å². The molecule has 0 saturated carbocycles. The van der Waals surface area contributed by atoms with Gasteiger partial charge in [0.15, 0.2) is 0 Å². The minimum absolute atomic E-state index is 0.794. The Kier molecular flexibility index (Phi) is 2.49. The van der Waals surface area contributed by atoms with E-state index in [1.54, 1.807) is 13.8 Å². The Morgan fingerprint density at radius 2 is 1.88 bits per heavy atom. The summed E-state index contributed by atoms with van der Waals surface area (Å²) in [6.07, 6.45) is 0. The SMILES string of the molecule is Cc1c(C(C)(C)C(=O)O)c2ccccc2n1C. The Labute approximate surface area is 101 Å². The third-order valence-corrected chi connectivity index (χ3v) is 3.56. The Morgan fingerprint density at radius 1 is 1.29 bits per heavy atom. The third kappa shape index (κ3) is 1.54. The topological polar surface area (TPSA) is 42.2 Å². The number of para-hydroxylation sites is 1. The molecule has 0 saturated heterocycles. The molecule has 0 fully saturated rings. The van der Waals surface area contributed by atoms with Crippen molar-refractivity contribution in [2.45, 2.75) is 26.2 Å². The fourth-order valence-corrected chi connectivity index (χ4v) is 2.42. The third-order valence-electron chi connectivity index (χ3n) is 3.56. The second kappa shape index (κ2) is 3.62. The fraction of sp³-hybridized carbons (Fsp3) is 0.357. The van der Waals surface area contributed by atoms with E-state index in [1.807, 2.05) is 38.2 Å². The number of hydrogen-bond acceptors (Lipinski definition) is 1. The van der Waals surface area contributed by atoms with Crippen LogP contribution in [0.5, 0.6) is 0 Å². The smallest absolute Gasteiger partial charge is 0.313 e. The molecule has 0 unspecified atom stereocenters. The molecule has 0 bridgehead atoms. The van der Waals surface area contributed by atoms with E-state index < -0.39 is 11.4 Å². The molecule has 1 N–H and O–H groups in total. The van der Waals surface area contributed by atoms with Gasteiger partial charge in [-0.1, -0.05) is 18.2 Å². The van der Waals surface area contributed by atoms with Gasteiger partial charge in [0.05, 0.1) is 5.41 Å². The molecule has 1 aromatic heterocycles. The van der Waals surface area contributed by atoms with Gasteiger partial charge in [-0.05, 0) is 32.4 Å². The lowest BCUT2D eigenvalue weighted by atomic mass is 9.83. The first kappa shape index (κ1) is 11.7. The number of rotatable bonds is 2. The van der Waals surface area contributed by atoms with Gasteiger partial charge in [0.25, 0.3) is 0 Å². The molecule has 1 aromatic carbocycles. The molecule has 0 aliphatic rings. The summed E-state index contributed by atoms with van der Waals surface area (Å²) in [4.78, 5) is 11.4. The average Bonchev–Trinajstić information content (AvgIpc) is 2.52. The van der Waals surface area contributed by atoms with Crippen molar-refractivity contribution in [3.63, 3.8) is 0 Å². The number of carboxylic acids is 1. The first-order valence-electron chi connectivity index (χ1n) is 5.65. The van der Waals surface area contributed by atoms with Crippen LogP contribution in [0.4, 0.5) is 0 Å². The minimum Gasteiger partial charge on any atom is -0.481 e. The summed E-state index contributed by atoms with van der Waals surface area (Å²) in [6, 6.07) is 7.93. The van der Waals surface area contributed by atoms with Crippen molar-refractivity contribution in [3.05, 3.63) is 35.5 Å². The number of hydrogen-bond donors (Lipinski definition) is 1. The molecule has 1 heterocycles. The Hall–Kier alpha value is -1.77. The van der Waals surface area contributed by atoms with Crippen LogP contribution in [0.3, 0.4) is 0 Å². The average molecular weight is 231 g/mol. The predicted octanol–water partition coefficient (Wildman–Crippen LogP) is 2.85. The summed E-state index contributed by atoms with van der Waals surface area (Å²) in [6.45, 7) is 5.48. The van der Waals surface area contributed by atoms with Crippen LogP contribution in [-0.4, -0.2) is 15.6 Å². The van der Waals surface area contributed by atoms with Crippen LogP contribution in [0, 0.1) is 6.92 Å². The molecule has 0 aliphatic heterocycles. The number of nitrogens with zero attached hydrogens (tertiary/aromatic N) is 1. The van der Waals surface area contributed by atoms with Crippen LogP contribution in [0.15, 0.2) is 24.3 Å². The van der Waals surface area contributed by atoms with Gasteiger partial charge in [-0.25, -0.2) is 0 Å². The van der Waals surface area contributed by atoms with Crippen molar-refractivity contribution < 1.29 is 9.90 Å². The molecule has 0 radical (unpaired) electrons. The zero-order valence-electron chi connectivity index (χ0n) is 10.6. The summed E-state index contributed by atoms with van der Waals surface area (Å²) < 4.78 is 2.05. The number of aliphatic carboxylic acids is 1. The lowest BCUT2D eigenvalue weighted by Crippen LogP contribution is -2.29. The van der Waals surface area contributed by atoms with Crippen LogP contribution >= 0.6 is 0 Å². The van der Waals surface area contributed by atoms with Crippen molar-refractivity contribution in [1.29, 1.82) is 0 Å². The van der Waals surface area contributed by atoms with E-state index >= 15 is 0 Å². The summed E-state index contributed by atoms with van der Waals surface area (Å²) in [5.74, 6) is -0.794. The number of aromatic nitrogens is 1. The lowest BCUT2D eigenvalue weighted by Gasteiger charge is -2.20. The van der Waals surface area contributed by atoms with E-state index in [0.717, 1.165) is 22.2 Å². The van der Waals surface area contributed by atoms with Gasteiger partial charge in [0, 0.05) is 23.6 Å². The van der Waals surface area contributed by atoms with E-state index in [0.29, 0.717) is 0 Å². The first-order valence-corrected chi connectivity index (χ1v) is 5.65. The van der Waals surface area contributed by atoms with Crippen LogP contribution in [0.1, 0.15) is 25.1 Å². The van der Waals surface area contributed by atoms with Crippen molar-refractivity contribution in [3.8, 4) is 0 Å². The maximum Gasteiger partial charge on any atom is 0.313 e. The summed E-state index contributed by atoms with van der Waals surface area (Å²) in [5.41, 5.74) is 2.13. The molecule has 90 valence electrons. The normalized spacial score (nSPS) is 12.0. The van der Waals surface area contributed by atoms with Crippen LogP contribution in [0.2, 0.25) is 0 Å². The van der Waals surface area contributed by atoms with E-state index in [1.165, 1.54) is 0 Å². The molecule has 2 rings (SSSR count). The van der Waals surface area contributed by atoms with Gasteiger partial charge < -0.3 is 9.67 Å². The highest BCUT2D eigenvalue weighted by Gasteiger charge is 2.34. The number of carboxylic acid groups (broad SMARTS) is 1. The first-order chi connectivity index (χ1) is 7.87. The number of benzene rings is 1. The molecule has 0 atom stereocenters. The van der Waals surface area contributed by atoms with Gasteiger partial charge in [0.2, 0.25) is 0 Å². The van der Waals surface area contributed by atoms with Crippen LogP contribution in [-0.2, 0) is 17.3 Å². The molecule has 2 aromatic rings. The maximum absolute atomic E-state index is 11.4. The zero-order chi connectivity index (χ0) is 12.8. The number of carbonyl (C=O) groups is 1. The van der Waals surface area contributed by atoms with Gasteiger partial charge in [-0.3, -0.25) is 4.79 Å². The van der Waals surface area contributed by atoms with Gasteiger partial charge in [-0.2, -0.15) is 0 Å². The molecule has 17 heavy (non-hydrogen) atoms. The molecule has 0 amide bonds. The molecular formula is C14H17NO2.